The third-order valence-corrected chi connectivity index (χ3v) is 6.43. The molecular formula is C23H20N4O2S. The van der Waals surface area contributed by atoms with Crippen LogP contribution in [0.4, 0.5) is 0 Å². The number of nitrogens with zero attached hydrogens (tertiary/aromatic N) is 4. The molecule has 30 heavy (non-hydrogen) atoms. The van der Waals surface area contributed by atoms with Gasteiger partial charge < -0.3 is 4.57 Å². The van der Waals surface area contributed by atoms with E-state index in [4.69, 9.17) is 5.26 Å². The molecule has 0 amide bonds. The molecule has 0 unspecified atom stereocenters. The highest BCUT2D eigenvalue weighted by molar-refractivity contribution is 7.95. The summed E-state index contributed by atoms with van der Waals surface area (Å²) in [5.41, 5.74) is 2.76. The zero-order valence-electron chi connectivity index (χ0n) is 16.9. The van der Waals surface area contributed by atoms with Crippen molar-refractivity contribution in [2.24, 2.45) is 0 Å². The van der Waals surface area contributed by atoms with Crippen LogP contribution in [0.15, 0.2) is 64.5 Å². The molecule has 2 heterocycles. The second kappa shape index (κ2) is 8.36. The standard InChI is InChI=1S/C23H20N4O2S/c1-16(2)22-12-19(17(3)27(22)23-10-9-18(13-24)15-26-23)11-21(14-25)30(28,29)20-7-5-4-6-8-20/h4-12,15-16H,1-3H3/b21-11+. The second-order valence-corrected chi connectivity index (χ2v) is 8.97. The number of allylic oxidation sites excluding steroid dienone is 1. The van der Waals surface area contributed by atoms with Crippen LogP contribution in [-0.2, 0) is 9.84 Å². The first-order valence-electron chi connectivity index (χ1n) is 9.30. The Hall–Kier alpha value is -3.68. The number of benzene rings is 1. The van der Waals surface area contributed by atoms with E-state index >= 15 is 0 Å². The Labute approximate surface area is 176 Å². The molecule has 0 aliphatic heterocycles. The molecule has 0 aliphatic rings. The monoisotopic (exact) mass is 416 g/mol. The van der Waals surface area contributed by atoms with E-state index in [-0.39, 0.29) is 15.7 Å². The van der Waals surface area contributed by atoms with Crippen molar-refractivity contribution in [2.75, 3.05) is 0 Å². The van der Waals surface area contributed by atoms with Crippen molar-refractivity contribution in [3.63, 3.8) is 0 Å². The highest BCUT2D eigenvalue weighted by atomic mass is 32.2. The lowest BCUT2D eigenvalue weighted by atomic mass is 10.1. The summed E-state index contributed by atoms with van der Waals surface area (Å²) in [6, 6.07) is 17.1. The number of nitriles is 2. The van der Waals surface area contributed by atoms with E-state index in [0.717, 1.165) is 11.4 Å². The van der Waals surface area contributed by atoms with Crippen molar-refractivity contribution in [3.8, 4) is 18.0 Å². The SMILES string of the molecule is Cc1c(/C=C(\C#N)S(=O)(=O)c2ccccc2)cc(C(C)C)n1-c1ccc(C#N)cn1. The first-order valence-corrected chi connectivity index (χ1v) is 10.8. The van der Waals surface area contributed by atoms with Gasteiger partial charge in [0.2, 0.25) is 9.84 Å². The maximum Gasteiger partial charge on any atom is 0.216 e. The van der Waals surface area contributed by atoms with Gasteiger partial charge in [-0.05, 0) is 54.8 Å². The van der Waals surface area contributed by atoms with Crippen LogP contribution in [0, 0.1) is 29.6 Å². The quantitative estimate of drug-likeness (QED) is 0.570. The lowest BCUT2D eigenvalue weighted by Gasteiger charge is -2.13. The third-order valence-electron chi connectivity index (χ3n) is 4.75. The number of hydrogen-bond donors (Lipinski definition) is 0. The minimum atomic E-state index is -3.92. The molecule has 0 fully saturated rings. The van der Waals surface area contributed by atoms with E-state index in [1.807, 2.05) is 43.5 Å². The Balaban J connectivity index is 2.17. The molecule has 6 nitrogen and oxygen atoms in total. The molecular weight excluding hydrogens is 396 g/mol. The maximum atomic E-state index is 12.9. The van der Waals surface area contributed by atoms with Gasteiger partial charge in [0, 0.05) is 17.6 Å². The van der Waals surface area contributed by atoms with Gasteiger partial charge in [-0.15, -0.1) is 0 Å². The third kappa shape index (κ3) is 3.89. The van der Waals surface area contributed by atoms with Gasteiger partial charge in [0.1, 0.15) is 22.9 Å². The lowest BCUT2D eigenvalue weighted by Crippen LogP contribution is -2.06. The van der Waals surface area contributed by atoms with Crippen molar-refractivity contribution >= 4 is 15.9 Å². The molecule has 1 aromatic carbocycles. The molecule has 0 aliphatic carbocycles. The normalized spacial score (nSPS) is 11.9. The summed E-state index contributed by atoms with van der Waals surface area (Å²) in [5, 5.41) is 18.6. The van der Waals surface area contributed by atoms with Crippen LogP contribution in [0.2, 0.25) is 0 Å². The van der Waals surface area contributed by atoms with Gasteiger partial charge >= 0.3 is 0 Å². The molecule has 2 aromatic heterocycles. The van der Waals surface area contributed by atoms with Crippen LogP contribution in [0.1, 0.15) is 42.3 Å². The smallest absolute Gasteiger partial charge is 0.216 e. The zero-order valence-corrected chi connectivity index (χ0v) is 17.7. The van der Waals surface area contributed by atoms with E-state index in [1.54, 1.807) is 30.3 Å². The summed E-state index contributed by atoms with van der Waals surface area (Å²) in [5.74, 6) is 0.749. The van der Waals surface area contributed by atoms with Crippen LogP contribution < -0.4 is 0 Å². The Morgan fingerprint density at radius 1 is 1.13 bits per heavy atom. The molecule has 0 spiro atoms. The van der Waals surface area contributed by atoms with Crippen LogP contribution in [0.25, 0.3) is 11.9 Å². The number of sulfone groups is 1. The molecule has 7 heteroatoms. The van der Waals surface area contributed by atoms with Gasteiger partial charge in [0.15, 0.2) is 0 Å². The number of pyridine rings is 1. The largest absolute Gasteiger partial charge is 0.302 e. The van der Waals surface area contributed by atoms with Crippen LogP contribution >= 0.6 is 0 Å². The fourth-order valence-corrected chi connectivity index (χ4v) is 4.32. The first-order chi connectivity index (χ1) is 14.3. The number of rotatable bonds is 5. The van der Waals surface area contributed by atoms with Crippen molar-refractivity contribution in [3.05, 3.63) is 82.1 Å². The minimum Gasteiger partial charge on any atom is -0.302 e. The molecule has 3 aromatic rings. The summed E-state index contributed by atoms with van der Waals surface area (Å²) < 4.78 is 27.7. The van der Waals surface area contributed by atoms with Crippen LogP contribution in [0.3, 0.4) is 0 Å². The zero-order chi connectivity index (χ0) is 21.9. The van der Waals surface area contributed by atoms with Crippen molar-refractivity contribution in [1.29, 1.82) is 10.5 Å². The molecule has 0 radical (unpaired) electrons. The van der Waals surface area contributed by atoms with Crippen molar-refractivity contribution in [2.45, 2.75) is 31.6 Å². The molecule has 3 rings (SSSR count). The average molecular weight is 417 g/mol. The topological polar surface area (TPSA) is 99.5 Å². The summed E-state index contributed by atoms with van der Waals surface area (Å²) in [4.78, 5) is 4.12. The first kappa shape index (κ1) is 21.0. The van der Waals surface area contributed by atoms with E-state index in [0.29, 0.717) is 16.9 Å². The fraction of sp³-hybridized carbons (Fsp3) is 0.174. The van der Waals surface area contributed by atoms with Gasteiger partial charge in [-0.2, -0.15) is 10.5 Å². The highest BCUT2D eigenvalue weighted by Crippen LogP contribution is 2.29. The van der Waals surface area contributed by atoms with Gasteiger partial charge in [0.05, 0.1) is 10.5 Å². The van der Waals surface area contributed by atoms with E-state index in [9.17, 15) is 13.7 Å². The van der Waals surface area contributed by atoms with Gasteiger partial charge in [-0.25, -0.2) is 13.4 Å². The molecule has 0 N–H and O–H groups in total. The van der Waals surface area contributed by atoms with E-state index in [1.165, 1.54) is 24.4 Å². The fourth-order valence-electron chi connectivity index (χ4n) is 3.15. The maximum absolute atomic E-state index is 12.9. The molecule has 0 saturated carbocycles. The second-order valence-electron chi connectivity index (χ2n) is 7.05. The number of hydrogen-bond acceptors (Lipinski definition) is 5. The summed E-state index contributed by atoms with van der Waals surface area (Å²) in [6.45, 7) is 5.89. The molecule has 0 atom stereocenters. The molecule has 0 bridgehead atoms. The Kier molecular flexibility index (Phi) is 5.86. The van der Waals surface area contributed by atoms with Crippen molar-refractivity contribution in [1.82, 2.24) is 9.55 Å². The molecule has 150 valence electrons. The Morgan fingerprint density at radius 3 is 2.37 bits per heavy atom. The van der Waals surface area contributed by atoms with Gasteiger partial charge in [0.25, 0.3) is 0 Å². The van der Waals surface area contributed by atoms with E-state index < -0.39 is 9.84 Å². The average Bonchev–Trinajstić information content (AvgIpc) is 3.09. The molecule has 0 saturated heterocycles. The predicted octanol–water partition coefficient (Wildman–Crippen LogP) is 4.51. The van der Waals surface area contributed by atoms with Gasteiger partial charge in [-0.3, -0.25) is 0 Å². The summed E-state index contributed by atoms with van der Waals surface area (Å²) >= 11 is 0. The highest BCUT2D eigenvalue weighted by Gasteiger charge is 2.22. The Morgan fingerprint density at radius 2 is 1.83 bits per heavy atom. The minimum absolute atomic E-state index is 0.0766. The summed E-state index contributed by atoms with van der Waals surface area (Å²) in [6.07, 6.45) is 2.90. The van der Waals surface area contributed by atoms with Crippen molar-refractivity contribution < 1.29 is 8.42 Å². The summed E-state index contributed by atoms with van der Waals surface area (Å²) in [7, 11) is -3.92. The van der Waals surface area contributed by atoms with Crippen LogP contribution in [-0.4, -0.2) is 18.0 Å². The van der Waals surface area contributed by atoms with Gasteiger partial charge in [-0.1, -0.05) is 32.0 Å². The Bertz CT molecular complexity index is 1290. The van der Waals surface area contributed by atoms with E-state index in [2.05, 4.69) is 4.98 Å². The predicted molar refractivity (Wildman–Crippen MR) is 114 cm³/mol. The lowest BCUT2D eigenvalue weighted by molar-refractivity contribution is 0.603. The van der Waals surface area contributed by atoms with Crippen LogP contribution in [0.5, 0.6) is 0 Å². The number of aromatic nitrogens is 2.